The molecule has 0 aliphatic heterocycles. The van der Waals surface area contributed by atoms with Crippen molar-refractivity contribution in [3.63, 3.8) is 0 Å². The number of nitrogens with one attached hydrogen (secondary N) is 1. The summed E-state index contributed by atoms with van der Waals surface area (Å²) in [6, 6.07) is 8.76. The minimum atomic E-state index is -0.557. The fraction of sp³-hybridized carbons (Fsp3) is 0.375. The summed E-state index contributed by atoms with van der Waals surface area (Å²) >= 11 is 0. The van der Waals surface area contributed by atoms with Crippen LogP contribution in [0.1, 0.15) is 32.2 Å². The monoisotopic (exact) mass is 286 g/mol. The Morgan fingerprint density at radius 3 is 2.57 bits per heavy atom. The lowest BCUT2D eigenvalue weighted by molar-refractivity contribution is 0.357. The second kappa shape index (κ2) is 5.24. The molecule has 110 valence electrons. The quantitative estimate of drug-likeness (QED) is 0.905. The van der Waals surface area contributed by atoms with E-state index in [0.29, 0.717) is 11.5 Å². The molecule has 21 heavy (non-hydrogen) atoms. The predicted molar refractivity (Wildman–Crippen MR) is 80.5 cm³/mol. The molecule has 1 aliphatic carbocycles. The molecule has 0 bridgehead atoms. The van der Waals surface area contributed by atoms with Crippen molar-refractivity contribution < 1.29 is 5.11 Å². The third-order valence-electron chi connectivity index (χ3n) is 3.99. The van der Waals surface area contributed by atoms with Gasteiger partial charge in [-0.3, -0.25) is 14.3 Å². The molecule has 1 aromatic carbocycles. The normalized spacial score (nSPS) is 15.9. The smallest absolute Gasteiger partial charge is 0.331 e. The maximum atomic E-state index is 12.0. The first-order chi connectivity index (χ1) is 10.1. The Hall–Kier alpha value is -2.30. The van der Waals surface area contributed by atoms with Gasteiger partial charge in [-0.15, -0.1) is 0 Å². The molecule has 5 heteroatoms. The van der Waals surface area contributed by atoms with Crippen LogP contribution in [-0.2, 0) is 0 Å². The van der Waals surface area contributed by atoms with Gasteiger partial charge in [-0.2, -0.15) is 0 Å². The summed E-state index contributed by atoms with van der Waals surface area (Å²) in [6.45, 7) is 1.90. The van der Waals surface area contributed by atoms with Crippen LogP contribution >= 0.6 is 0 Å². The molecule has 3 rings (SSSR count). The molecule has 0 radical (unpaired) electrons. The third kappa shape index (κ3) is 2.63. The number of benzene rings is 1. The van der Waals surface area contributed by atoms with Gasteiger partial charge in [0.05, 0.1) is 0 Å². The van der Waals surface area contributed by atoms with Crippen LogP contribution in [-0.4, -0.2) is 14.7 Å². The van der Waals surface area contributed by atoms with Gasteiger partial charge in [0.2, 0.25) is 5.88 Å². The number of nitrogens with zero attached hydrogens (tertiary/aromatic N) is 1. The van der Waals surface area contributed by atoms with Crippen molar-refractivity contribution in [2.45, 2.75) is 32.2 Å². The Morgan fingerprint density at radius 2 is 1.95 bits per heavy atom. The zero-order valence-electron chi connectivity index (χ0n) is 11.9. The summed E-state index contributed by atoms with van der Waals surface area (Å²) in [5.74, 6) is 0.376. The topological polar surface area (TPSA) is 75.1 Å². The minimum absolute atomic E-state index is 0.135. The van der Waals surface area contributed by atoms with Crippen LogP contribution in [0.4, 0.5) is 0 Å². The van der Waals surface area contributed by atoms with Crippen LogP contribution in [0.3, 0.4) is 0 Å². The van der Waals surface area contributed by atoms with Gasteiger partial charge in [0.1, 0.15) is 5.56 Å². The van der Waals surface area contributed by atoms with Crippen LogP contribution in [0.2, 0.25) is 0 Å². The van der Waals surface area contributed by atoms with Crippen molar-refractivity contribution in [2.24, 2.45) is 5.92 Å². The Morgan fingerprint density at radius 1 is 1.29 bits per heavy atom. The highest BCUT2D eigenvalue weighted by atomic mass is 16.3. The first kappa shape index (κ1) is 13.7. The molecule has 1 unspecified atom stereocenters. The molecule has 1 heterocycles. The van der Waals surface area contributed by atoms with E-state index in [1.54, 1.807) is 24.3 Å². The van der Waals surface area contributed by atoms with E-state index in [9.17, 15) is 14.7 Å². The van der Waals surface area contributed by atoms with Crippen LogP contribution in [0.25, 0.3) is 11.1 Å². The van der Waals surface area contributed by atoms with Gasteiger partial charge in [0.25, 0.3) is 5.56 Å². The summed E-state index contributed by atoms with van der Waals surface area (Å²) in [5.41, 5.74) is -0.356. The number of hydrogen-bond donors (Lipinski definition) is 2. The summed E-state index contributed by atoms with van der Waals surface area (Å²) in [5, 5.41) is 10.5. The fourth-order valence-corrected chi connectivity index (χ4v) is 2.75. The number of hydrogen-bond acceptors (Lipinski definition) is 3. The van der Waals surface area contributed by atoms with E-state index in [4.69, 9.17) is 0 Å². The van der Waals surface area contributed by atoms with Crippen molar-refractivity contribution in [1.82, 2.24) is 9.55 Å². The average Bonchev–Trinajstić information content (AvgIpc) is 3.23. The minimum Gasteiger partial charge on any atom is -0.494 e. The SMILES string of the molecule is CC(CC1CC1)n1c(O)c(-c2ccccc2)c(=O)[nH]c1=O. The van der Waals surface area contributed by atoms with Gasteiger partial charge in [0, 0.05) is 6.04 Å². The summed E-state index contributed by atoms with van der Waals surface area (Å²) in [7, 11) is 0. The van der Waals surface area contributed by atoms with E-state index in [1.807, 2.05) is 13.0 Å². The molecular formula is C16H18N2O3. The van der Waals surface area contributed by atoms with Crippen LogP contribution in [0, 0.1) is 5.92 Å². The Balaban J connectivity index is 2.13. The molecule has 1 atom stereocenters. The zero-order chi connectivity index (χ0) is 15.0. The molecular weight excluding hydrogens is 268 g/mol. The highest BCUT2D eigenvalue weighted by Gasteiger charge is 2.27. The Kier molecular flexibility index (Phi) is 3.41. The molecule has 0 spiro atoms. The van der Waals surface area contributed by atoms with Crippen LogP contribution in [0.15, 0.2) is 39.9 Å². The second-order valence-corrected chi connectivity index (χ2v) is 5.72. The lowest BCUT2D eigenvalue weighted by Gasteiger charge is -2.17. The summed E-state index contributed by atoms with van der Waals surface area (Å²) in [4.78, 5) is 26.4. The molecule has 0 saturated heterocycles. The van der Waals surface area contributed by atoms with Crippen molar-refractivity contribution in [3.8, 4) is 17.0 Å². The standard InChI is InChI=1S/C16H18N2O3/c1-10(9-11-7-8-11)18-15(20)13(14(19)17-16(18)21)12-5-3-2-4-6-12/h2-6,10-11,20H,7-9H2,1H3,(H,17,19,21). The van der Waals surface area contributed by atoms with E-state index >= 15 is 0 Å². The van der Waals surface area contributed by atoms with Crippen molar-refractivity contribution in [3.05, 3.63) is 51.2 Å². The summed E-state index contributed by atoms with van der Waals surface area (Å²) < 4.78 is 1.29. The largest absolute Gasteiger partial charge is 0.494 e. The molecule has 1 saturated carbocycles. The van der Waals surface area contributed by atoms with Crippen LogP contribution in [0.5, 0.6) is 5.88 Å². The van der Waals surface area contributed by atoms with Gasteiger partial charge in [-0.25, -0.2) is 4.79 Å². The molecule has 2 N–H and O–H groups in total. The maximum Gasteiger partial charge on any atom is 0.331 e. The van der Waals surface area contributed by atoms with Gasteiger partial charge >= 0.3 is 5.69 Å². The first-order valence-corrected chi connectivity index (χ1v) is 7.21. The predicted octanol–water partition coefficient (Wildman–Crippen LogP) is 2.27. The van der Waals surface area contributed by atoms with Gasteiger partial charge in [-0.05, 0) is 24.8 Å². The third-order valence-corrected chi connectivity index (χ3v) is 3.99. The van der Waals surface area contributed by atoms with Gasteiger partial charge in [-0.1, -0.05) is 43.2 Å². The number of aromatic nitrogens is 2. The number of H-pyrrole nitrogens is 1. The second-order valence-electron chi connectivity index (χ2n) is 5.72. The maximum absolute atomic E-state index is 12.0. The fourth-order valence-electron chi connectivity index (χ4n) is 2.75. The number of rotatable bonds is 4. The molecule has 1 aromatic heterocycles. The average molecular weight is 286 g/mol. The van der Waals surface area contributed by atoms with E-state index in [1.165, 1.54) is 17.4 Å². The lowest BCUT2D eigenvalue weighted by Crippen LogP contribution is -2.32. The summed E-state index contributed by atoms with van der Waals surface area (Å²) in [6.07, 6.45) is 3.19. The Labute approximate surface area is 121 Å². The molecule has 1 fully saturated rings. The van der Waals surface area contributed by atoms with Gasteiger partial charge in [0.15, 0.2) is 0 Å². The Bertz CT molecular complexity index is 757. The molecule has 2 aromatic rings. The van der Waals surface area contributed by atoms with Crippen molar-refractivity contribution in [2.75, 3.05) is 0 Å². The van der Waals surface area contributed by atoms with Crippen molar-refractivity contribution in [1.29, 1.82) is 0 Å². The number of aromatic hydroxyl groups is 1. The molecule has 0 amide bonds. The van der Waals surface area contributed by atoms with E-state index in [2.05, 4.69) is 4.98 Å². The van der Waals surface area contributed by atoms with E-state index < -0.39 is 11.2 Å². The molecule has 5 nitrogen and oxygen atoms in total. The molecule has 1 aliphatic rings. The number of aromatic amines is 1. The highest BCUT2D eigenvalue weighted by Crippen LogP contribution is 2.37. The highest BCUT2D eigenvalue weighted by molar-refractivity contribution is 5.67. The van der Waals surface area contributed by atoms with Crippen LogP contribution < -0.4 is 11.2 Å². The van der Waals surface area contributed by atoms with E-state index in [-0.39, 0.29) is 17.5 Å². The first-order valence-electron chi connectivity index (χ1n) is 7.21. The van der Waals surface area contributed by atoms with Gasteiger partial charge < -0.3 is 5.11 Å². The van der Waals surface area contributed by atoms with Crippen molar-refractivity contribution >= 4 is 0 Å². The lowest BCUT2D eigenvalue weighted by atomic mass is 10.1. The van der Waals surface area contributed by atoms with E-state index in [0.717, 1.165) is 6.42 Å². The zero-order valence-corrected chi connectivity index (χ0v) is 11.9.